The van der Waals surface area contributed by atoms with Crippen molar-refractivity contribution in [1.29, 1.82) is 0 Å². The van der Waals surface area contributed by atoms with E-state index in [1.807, 2.05) is 31.2 Å². The van der Waals surface area contributed by atoms with E-state index < -0.39 is 0 Å². The van der Waals surface area contributed by atoms with E-state index in [2.05, 4.69) is 40.3 Å². The number of hydrogen-bond acceptors (Lipinski definition) is 2. The van der Waals surface area contributed by atoms with Crippen molar-refractivity contribution in [3.63, 3.8) is 0 Å². The Morgan fingerprint density at radius 3 is 2.67 bits per heavy atom. The minimum absolute atomic E-state index is 0.176. The van der Waals surface area contributed by atoms with E-state index in [4.69, 9.17) is 0 Å². The van der Waals surface area contributed by atoms with Crippen molar-refractivity contribution in [2.24, 2.45) is 0 Å². The zero-order chi connectivity index (χ0) is 14.7. The van der Waals surface area contributed by atoms with Crippen molar-refractivity contribution in [2.45, 2.75) is 6.92 Å². The Morgan fingerprint density at radius 2 is 1.90 bits per heavy atom. The molecule has 21 heavy (non-hydrogen) atoms. The summed E-state index contributed by atoms with van der Waals surface area (Å²) in [5.74, 6) is 0. The summed E-state index contributed by atoms with van der Waals surface area (Å²) in [6.45, 7) is 2.51. The molecule has 2 aromatic carbocycles. The van der Waals surface area contributed by atoms with E-state index in [1.165, 1.54) is 15.6 Å². The van der Waals surface area contributed by atoms with Crippen molar-refractivity contribution in [3.8, 4) is 11.1 Å². The van der Waals surface area contributed by atoms with Crippen LogP contribution in [0.25, 0.3) is 21.2 Å². The number of nitrogens with one attached hydrogen (secondary N) is 2. The Kier molecular flexibility index (Phi) is 3.88. The molecule has 0 fully saturated rings. The summed E-state index contributed by atoms with van der Waals surface area (Å²) in [6, 6.07) is 16.2. The summed E-state index contributed by atoms with van der Waals surface area (Å²) in [6.07, 6.45) is 0. The molecule has 0 aliphatic carbocycles. The van der Waals surface area contributed by atoms with E-state index in [0.717, 1.165) is 11.3 Å². The number of rotatable bonds is 3. The number of carbonyl (C=O) groups is 1. The Hall–Kier alpha value is -2.33. The predicted octanol–water partition coefficient (Wildman–Crippen LogP) is 4.71. The first kappa shape index (κ1) is 13.6. The van der Waals surface area contributed by atoms with Gasteiger partial charge in [0.25, 0.3) is 0 Å². The maximum Gasteiger partial charge on any atom is 0.319 e. The van der Waals surface area contributed by atoms with Crippen LogP contribution < -0.4 is 10.6 Å². The SMILES string of the molecule is CCNC(=O)Nc1ccc(-c2cccc3sccc23)cc1. The predicted molar refractivity (Wildman–Crippen MR) is 90.0 cm³/mol. The van der Waals surface area contributed by atoms with Gasteiger partial charge in [-0.05, 0) is 47.7 Å². The van der Waals surface area contributed by atoms with Crippen molar-refractivity contribution in [1.82, 2.24) is 5.32 Å². The van der Waals surface area contributed by atoms with Gasteiger partial charge in [0, 0.05) is 22.3 Å². The van der Waals surface area contributed by atoms with Gasteiger partial charge in [-0.15, -0.1) is 11.3 Å². The number of hydrogen-bond donors (Lipinski definition) is 2. The molecule has 0 unspecified atom stereocenters. The maximum absolute atomic E-state index is 11.5. The van der Waals surface area contributed by atoms with E-state index >= 15 is 0 Å². The van der Waals surface area contributed by atoms with Gasteiger partial charge in [-0.2, -0.15) is 0 Å². The zero-order valence-corrected chi connectivity index (χ0v) is 12.5. The van der Waals surface area contributed by atoms with Gasteiger partial charge >= 0.3 is 6.03 Å². The highest BCUT2D eigenvalue weighted by molar-refractivity contribution is 7.17. The molecule has 0 saturated carbocycles. The molecule has 0 saturated heterocycles. The smallest absolute Gasteiger partial charge is 0.319 e. The zero-order valence-electron chi connectivity index (χ0n) is 11.7. The molecular formula is C17H16N2OS. The van der Waals surface area contributed by atoms with Crippen molar-refractivity contribution in [3.05, 3.63) is 53.9 Å². The molecule has 0 aliphatic heterocycles. The van der Waals surface area contributed by atoms with Crippen LogP contribution in [0.5, 0.6) is 0 Å². The molecule has 2 amide bonds. The number of carbonyl (C=O) groups excluding carboxylic acids is 1. The van der Waals surface area contributed by atoms with Gasteiger partial charge in [0.15, 0.2) is 0 Å². The van der Waals surface area contributed by atoms with Gasteiger partial charge < -0.3 is 10.6 Å². The summed E-state index contributed by atoms with van der Waals surface area (Å²) in [4.78, 5) is 11.5. The van der Waals surface area contributed by atoms with Crippen LogP contribution in [0.4, 0.5) is 10.5 Å². The van der Waals surface area contributed by atoms with Gasteiger partial charge in [-0.3, -0.25) is 0 Å². The first-order valence-electron chi connectivity index (χ1n) is 6.89. The summed E-state index contributed by atoms with van der Waals surface area (Å²) < 4.78 is 1.29. The van der Waals surface area contributed by atoms with Crippen LogP contribution in [-0.4, -0.2) is 12.6 Å². The van der Waals surface area contributed by atoms with Crippen molar-refractivity contribution >= 4 is 33.1 Å². The lowest BCUT2D eigenvalue weighted by Crippen LogP contribution is -2.28. The van der Waals surface area contributed by atoms with Gasteiger partial charge in [0.1, 0.15) is 0 Å². The van der Waals surface area contributed by atoms with Crippen LogP contribution >= 0.6 is 11.3 Å². The number of amides is 2. The first-order chi connectivity index (χ1) is 10.3. The summed E-state index contributed by atoms with van der Waals surface area (Å²) in [5.41, 5.74) is 3.17. The van der Waals surface area contributed by atoms with Crippen LogP contribution in [0.2, 0.25) is 0 Å². The topological polar surface area (TPSA) is 41.1 Å². The van der Waals surface area contributed by atoms with E-state index in [1.54, 1.807) is 11.3 Å². The van der Waals surface area contributed by atoms with E-state index in [9.17, 15) is 4.79 Å². The third kappa shape index (κ3) is 2.90. The van der Waals surface area contributed by atoms with Gasteiger partial charge in [-0.1, -0.05) is 24.3 Å². The second-order valence-corrected chi connectivity index (χ2v) is 5.65. The Bertz CT molecular complexity index is 762. The molecule has 0 aliphatic rings. The standard InChI is InChI=1S/C17H16N2OS/c1-2-18-17(20)19-13-8-6-12(7-9-13)14-4-3-5-16-15(14)10-11-21-16/h3-11H,2H2,1H3,(H2,18,19,20). The number of urea groups is 1. The minimum atomic E-state index is -0.176. The lowest BCUT2D eigenvalue weighted by molar-refractivity contribution is 0.252. The quantitative estimate of drug-likeness (QED) is 0.722. The van der Waals surface area contributed by atoms with Crippen LogP contribution in [-0.2, 0) is 0 Å². The molecule has 1 heterocycles. The van der Waals surface area contributed by atoms with Crippen LogP contribution in [0.3, 0.4) is 0 Å². The Morgan fingerprint density at radius 1 is 1.10 bits per heavy atom. The lowest BCUT2D eigenvalue weighted by atomic mass is 10.0. The molecule has 3 aromatic rings. The molecule has 1 aromatic heterocycles. The third-order valence-electron chi connectivity index (χ3n) is 3.29. The lowest BCUT2D eigenvalue weighted by Gasteiger charge is -2.08. The maximum atomic E-state index is 11.5. The second-order valence-electron chi connectivity index (χ2n) is 4.70. The molecule has 0 spiro atoms. The van der Waals surface area contributed by atoms with Crippen molar-refractivity contribution in [2.75, 3.05) is 11.9 Å². The summed E-state index contributed by atoms with van der Waals surface area (Å²) in [7, 11) is 0. The molecule has 0 radical (unpaired) electrons. The molecule has 0 bridgehead atoms. The van der Waals surface area contributed by atoms with Crippen LogP contribution in [0, 0.1) is 0 Å². The highest BCUT2D eigenvalue weighted by Gasteiger charge is 2.05. The van der Waals surface area contributed by atoms with Crippen LogP contribution in [0.1, 0.15) is 6.92 Å². The largest absolute Gasteiger partial charge is 0.338 e. The van der Waals surface area contributed by atoms with Crippen molar-refractivity contribution < 1.29 is 4.79 Å². The fraction of sp³-hybridized carbons (Fsp3) is 0.118. The van der Waals surface area contributed by atoms with E-state index in [-0.39, 0.29) is 6.03 Å². The number of anilines is 1. The van der Waals surface area contributed by atoms with Gasteiger partial charge in [-0.25, -0.2) is 4.79 Å². The fourth-order valence-corrected chi connectivity index (χ4v) is 3.13. The molecular weight excluding hydrogens is 280 g/mol. The molecule has 3 nitrogen and oxygen atoms in total. The van der Waals surface area contributed by atoms with E-state index in [0.29, 0.717) is 6.54 Å². The monoisotopic (exact) mass is 296 g/mol. The van der Waals surface area contributed by atoms with Gasteiger partial charge in [0.05, 0.1) is 0 Å². The average molecular weight is 296 g/mol. The van der Waals surface area contributed by atoms with Gasteiger partial charge in [0.2, 0.25) is 0 Å². The Labute approximate surface area is 127 Å². The molecule has 0 atom stereocenters. The second kappa shape index (κ2) is 5.97. The molecule has 106 valence electrons. The number of benzene rings is 2. The highest BCUT2D eigenvalue weighted by Crippen LogP contribution is 2.32. The average Bonchev–Trinajstić information content (AvgIpc) is 2.97. The number of fused-ring (bicyclic) bond motifs is 1. The molecule has 3 rings (SSSR count). The molecule has 4 heteroatoms. The third-order valence-corrected chi connectivity index (χ3v) is 4.17. The summed E-state index contributed by atoms with van der Waals surface area (Å²) >= 11 is 1.75. The minimum Gasteiger partial charge on any atom is -0.338 e. The number of thiophene rings is 1. The molecule has 2 N–H and O–H groups in total. The summed E-state index contributed by atoms with van der Waals surface area (Å²) in [5, 5.41) is 8.90. The normalized spacial score (nSPS) is 10.5. The Balaban J connectivity index is 1.87. The highest BCUT2D eigenvalue weighted by atomic mass is 32.1. The fourth-order valence-electron chi connectivity index (χ4n) is 2.31. The van der Waals surface area contributed by atoms with Crippen LogP contribution in [0.15, 0.2) is 53.9 Å². The first-order valence-corrected chi connectivity index (χ1v) is 7.77.